The van der Waals surface area contributed by atoms with E-state index < -0.39 is 5.97 Å². The molecule has 1 aliphatic heterocycles. The van der Waals surface area contributed by atoms with Crippen LogP contribution < -0.4 is 10.6 Å². The number of nitrogens with one attached hydrogen (secondary N) is 2. The molecule has 0 aromatic heterocycles. The van der Waals surface area contributed by atoms with Gasteiger partial charge in [-0.2, -0.15) is 0 Å². The highest BCUT2D eigenvalue weighted by Crippen LogP contribution is 2.49. The molecule has 0 unspecified atom stereocenters. The van der Waals surface area contributed by atoms with Gasteiger partial charge in [0.2, 0.25) is 0 Å². The van der Waals surface area contributed by atoms with Gasteiger partial charge in [-0.3, -0.25) is 9.59 Å². The van der Waals surface area contributed by atoms with Crippen molar-refractivity contribution < 1.29 is 19.1 Å². The predicted molar refractivity (Wildman–Crippen MR) is 104 cm³/mol. The Hall–Kier alpha value is -3.15. The lowest BCUT2D eigenvalue weighted by Gasteiger charge is -2.37. The number of halogens is 1. The molecule has 1 amide bonds. The molecule has 1 aliphatic carbocycles. The summed E-state index contributed by atoms with van der Waals surface area (Å²) in [6.45, 7) is 0.0943. The van der Waals surface area contributed by atoms with Gasteiger partial charge in [0, 0.05) is 23.7 Å². The molecule has 0 fully saturated rings. The number of allylic oxidation sites excluding steroid dienone is 2. The van der Waals surface area contributed by atoms with Crippen molar-refractivity contribution in [1.82, 2.24) is 5.32 Å². The van der Waals surface area contributed by atoms with E-state index in [4.69, 9.17) is 5.11 Å². The lowest BCUT2D eigenvalue weighted by molar-refractivity contribution is -0.136. The van der Waals surface area contributed by atoms with E-state index in [9.17, 15) is 14.0 Å². The van der Waals surface area contributed by atoms with Crippen molar-refractivity contribution >= 4 is 17.6 Å². The van der Waals surface area contributed by atoms with Crippen LogP contribution in [0.2, 0.25) is 0 Å². The first kappa shape index (κ1) is 18.2. The fourth-order valence-corrected chi connectivity index (χ4v) is 4.15. The third kappa shape index (κ3) is 3.50. The maximum absolute atomic E-state index is 13.7. The lowest BCUT2D eigenvalue weighted by atomic mass is 9.76. The molecule has 4 rings (SSSR count). The monoisotopic (exact) mass is 380 g/mol. The lowest BCUT2D eigenvalue weighted by Crippen LogP contribution is -2.30. The number of carboxylic acid groups (broad SMARTS) is 1. The highest BCUT2D eigenvalue weighted by Gasteiger charge is 2.38. The van der Waals surface area contributed by atoms with E-state index in [2.05, 4.69) is 22.8 Å². The Morgan fingerprint density at radius 2 is 2.07 bits per heavy atom. The fourth-order valence-electron chi connectivity index (χ4n) is 4.15. The van der Waals surface area contributed by atoms with Crippen molar-refractivity contribution in [2.75, 3.05) is 11.9 Å². The largest absolute Gasteiger partial charge is 0.481 e. The Bertz CT molecular complexity index is 957. The topological polar surface area (TPSA) is 78.4 Å². The third-order valence-electron chi connectivity index (χ3n) is 5.46. The number of anilines is 1. The van der Waals surface area contributed by atoms with Crippen molar-refractivity contribution in [2.24, 2.45) is 5.92 Å². The van der Waals surface area contributed by atoms with Crippen LogP contribution in [-0.2, 0) is 4.79 Å². The summed E-state index contributed by atoms with van der Waals surface area (Å²) < 4.78 is 13.7. The summed E-state index contributed by atoms with van der Waals surface area (Å²) in [5.41, 5.74) is 3.40. The van der Waals surface area contributed by atoms with E-state index in [0.29, 0.717) is 5.56 Å². The Kier molecular flexibility index (Phi) is 4.86. The summed E-state index contributed by atoms with van der Waals surface area (Å²) in [5, 5.41) is 14.9. The van der Waals surface area contributed by atoms with Crippen LogP contribution in [0.1, 0.15) is 46.3 Å². The SMILES string of the molecule is O=C(O)CCNC(=O)c1ccc2c(c1)[C@@H]1C=CC[C@@H]1[C@@H](c1cccc(F)c1)N2. The van der Waals surface area contributed by atoms with Crippen molar-refractivity contribution in [3.05, 3.63) is 77.1 Å². The van der Waals surface area contributed by atoms with Crippen LogP contribution in [-0.4, -0.2) is 23.5 Å². The highest BCUT2D eigenvalue weighted by atomic mass is 19.1. The molecular formula is C22H21FN2O3. The maximum Gasteiger partial charge on any atom is 0.305 e. The number of benzene rings is 2. The van der Waals surface area contributed by atoms with Gasteiger partial charge in [0.1, 0.15) is 5.82 Å². The number of fused-ring (bicyclic) bond motifs is 3. The molecular weight excluding hydrogens is 359 g/mol. The second-order valence-corrected chi connectivity index (χ2v) is 7.23. The van der Waals surface area contributed by atoms with Gasteiger partial charge in [0.15, 0.2) is 0 Å². The van der Waals surface area contributed by atoms with E-state index >= 15 is 0 Å². The van der Waals surface area contributed by atoms with Gasteiger partial charge in [0.25, 0.3) is 5.91 Å². The van der Waals surface area contributed by atoms with Gasteiger partial charge in [-0.05, 0) is 53.8 Å². The number of carboxylic acids is 1. The zero-order chi connectivity index (χ0) is 19.7. The van der Waals surface area contributed by atoms with Gasteiger partial charge >= 0.3 is 5.97 Å². The van der Waals surface area contributed by atoms with Gasteiger partial charge in [0.05, 0.1) is 12.5 Å². The molecule has 0 spiro atoms. The van der Waals surface area contributed by atoms with E-state index in [0.717, 1.165) is 23.2 Å². The second-order valence-electron chi connectivity index (χ2n) is 7.23. The molecule has 0 saturated carbocycles. The van der Waals surface area contributed by atoms with Gasteiger partial charge < -0.3 is 15.7 Å². The number of aliphatic carboxylic acids is 1. The molecule has 5 nitrogen and oxygen atoms in total. The number of carbonyl (C=O) groups is 2. The highest BCUT2D eigenvalue weighted by molar-refractivity contribution is 5.95. The normalized spacial score (nSPS) is 22.1. The summed E-state index contributed by atoms with van der Waals surface area (Å²) in [4.78, 5) is 23.0. The molecule has 6 heteroatoms. The first-order valence-electron chi connectivity index (χ1n) is 9.35. The third-order valence-corrected chi connectivity index (χ3v) is 5.46. The standard InChI is InChI=1S/C22H21FN2O3/c23-15-4-1-3-13(11-15)21-17-6-2-5-16(17)18-12-14(7-8-19(18)25-21)22(28)24-10-9-20(26)27/h1-5,7-8,11-12,16-17,21,25H,6,9-10H2,(H,24,28)(H,26,27)/t16-,17+,21-/m1/s1. The van der Waals surface area contributed by atoms with Crippen molar-refractivity contribution in [2.45, 2.75) is 24.8 Å². The van der Waals surface area contributed by atoms with E-state index in [1.807, 2.05) is 18.2 Å². The molecule has 2 aromatic carbocycles. The summed E-state index contributed by atoms with van der Waals surface area (Å²) in [6, 6.07) is 12.1. The molecule has 0 bridgehead atoms. The van der Waals surface area contributed by atoms with Crippen LogP contribution in [0.25, 0.3) is 0 Å². The number of rotatable bonds is 5. The van der Waals surface area contributed by atoms with Crippen LogP contribution in [0, 0.1) is 11.7 Å². The zero-order valence-electron chi connectivity index (χ0n) is 15.2. The fraction of sp³-hybridized carbons (Fsp3) is 0.273. The molecule has 1 heterocycles. The molecule has 0 radical (unpaired) electrons. The molecule has 3 atom stereocenters. The van der Waals surface area contributed by atoms with Gasteiger partial charge in [-0.15, -0.1) is 0 Å². The van der Waals surface area contributed by atoms with Crippen LogP contribution in [0.3, 0.4) is 0 Å². The average molecular weight is 380 g/mol. The van der Waals surface area contributed by atoms with Crippen molar-refractivity contribution in [3.8, 4) is 0 Å². The minimum absolute atomic E-state index is 0.00144. The van der Waals surface area contributed by atoms with E-state index in [-0.39, 0.29) is 42.6 Å². The number of hydrogen-bond acceptors (Lipinski definition) is 3. The number of amides is 1. The van der Waals surface area contributed by atoms with Gasteiger partial charge in [-0.25, -0.2) is 4.39 Å². The van der Waals surface area contributed by atoms with Crippen molar-refractivity contribution in [3.63, 3.8) is 0 Å². The summed E-state index contributed by atoms with van der Waals surface area (Å²) in [6.07, 6.45) is 5.06. The Morgan fingerprint density at radius 3 is 2.86 bits per heavy atom. The Balaban J connectivity index is 1.60. The zero-order valence-corrected chi connectivity index (χ0v) is 15.2. The van der Waals surface area contributed by atoms with Crippen LogP contribution in [0.4, 0.5) is 10.1 Å². The van der Waals surface area contributed by atoms with Crippen molar-refractivity contribution in [1.29, 1.82) is 0 Å². The molecule has 3 N–H and O–H groups in total. The molecule has 28 heavy (non-hydrogen) atoms. The first-order chi connectivity index (χ1) is 13.5. The van der Waals surface area contributed by atoms with E-state index in [1.54, 1.807) is 18.2 Å². The average Bonchev–Trinajstić information content (AvgIpc) is 3.16. The molecule has 2 aromatic rings. The number of hydrogen-bond donors (Lipinski definition) is 3. The Labute approximate surface area is 162 Å². The minimum Gasteiger partial charge on any atom is -0.481 e. The summed E-state index contributed by atoms with van der Waals surface area (Å²) >= 11 is 0. The smallest absolute Gasteiger partial charge is 0.305 e. The summed E-state index contributed by atoms with van der Waals surface area (Å²) in [7, 11) is 0. The molecule has 2 aliphatic rings. The molecule has 144 valence electrons. The molecule has 0 saturated heterocycles. The van der Waals surface area contributed by atoms with Crippen LogP contribution in [0.5, 0.6) is 0 Å². The first-order valence-corrected chi connectivity index (χ1v) is 9.35. The predicted octanol–water partition coefficient (Wildman–Crippen LogP) is 3.86. The second kappa shape index (κ2) is 7.46. The van der Waals surface area contributed by atoms with Gasteiger partial charge in [-0.1, -0.05) is 24.3 Å². The Morgan fingerprint density at radius 1 is 1.21 bits per heavy atom. The quantitative estimate of drug-likeness (QED) is 0.689. The summed E-state index contributed by atoms with van der Waals surface area (Å²) in [5.74, 6) is -1.08. The van der Waals surface area contributed by atoms with E-state index in [1.165, 1.54) is 6.07 Å². The number of carbonyl (C=O) groups excluding carboxylic acids is 1. The maximum atomic E-state index is 13.7. The van der Waals surface area contributed by atoms with Crippen LogP contribution in [0.15, 0.2) is 54.6 Å². The minimum atomic E-state index is -0.947. The van der Waals surface area contributed by atoms with Crippen LogP contribution >= 0.6 is 0 Å².